The molecule has 0 saturated carbocycles. The van der Waals surface area contributed by atoms with Crippen LogP contribution in [0.15, 0.2) is 29.8 Å². The Hall–Kier alpha value is -2.71. The topological polar surface area (TPSA) is 99.2 Å². The Morgan fingerprint density at radius 2 is 1.81 bits per heavy atom. The van der Waals surface area contributed by atoms with Crippen LogP contribution in [-0.2, 0) is 14.3 Å². The van der Waals surface area contributed by atoms with Crippen molar-refractivity contribution in [2.75, 3.05) is 37.9 Å². The van der Waals surface area contributed by atoms with Gasteiger partial charge in [-0.25, -0.2) is 9.69 Å². The van der Waals surface area contributed by atoms with Gasteiger partial charge in [0.2, 0.25) is 0 Å². The molecule has 0 bridgehead atoms. The molecule has 2 rings (SSSR count). The van der Waals surface area contributed by atoms with Crippen molar-refractivity contribution in [1.29, 1.82) is 0 Å². The summed E-state index contributed by atoms with van der Waals surface area (Å²) in [7, 11) is 0. The van der Waals surface area contributed by atoms with Gasteiger partial charge in [-0.3, -0.25) is 14.9 Å². The van der Waals surface area contributed by atoms with Gasteiger partial charge < -0.3 is 14.7 Å². The van der Waals surface area contributed by atoms with Crippen molar-refractivity contribution in [3.05, 3.63) is 35.4 Å². The highest BCUT2D eigenvalue weighted by Crippen LogP contribution is 2.18. The number of imide groups is 2. The maximum Gasteiger partial charge on any atom is 0.333 e. The molecule has 1 aliphatic heterocycles. The average Bonchev–Trinajstić information content (AvgIpc) is 2.63. The predicted octanol–water partition coefficient (Wildman–Crippen LogP) is 0.961. The Morgan fingerprint density at radius 3 is 2.38 bits per heavy atom. The van der Waals surface area contributed by atoms with Crippen molar-refractivity contribution in [3.63, 3.8) is 0 Å². The molecule has 0 radical (unpaired) electrons. The Kier molecular flexibility index (Phi) is 6.88. The lowest BCUT2D eigenvalue weighted by atomic mass is 10.1. The molecule has 4 amide bonds. The van der Waals surface area contributed by atoms with Crippen LogP contribution in [0.4, 0.5) is 10.5 Å². The van der Waals surface area contributed by atoms with E-state index >= 15 is 0 Å². The molecule has 1 heterocycles. The van der Waals surface area contributed by atoms with E-state index in [2.05, 4.69) is 24.1 Å². The molecule has 1 aromatic rings. The molecule has 1 aliphatic rings. The first-order valence-electron chi connectivity index (χ1n) is 8.44. The monoisotopic (exact) mass is 361 g/mol. The summed E-state index contributed by atoms with van der Waals surface area (Å²) in [4.78, 5) is 39.2. The normalized spacial score (nSPS) is 16.2. The van der Waals surface area contributed by atoms with Gasteiger partial charge in [0.25, 0.3) is 11.8 Å². The smallest absolute Gasteiger partial charge is 0.333 e. The second-order valence-corrected chi connectivity index (χ2v) is 5.58. The van der Waals surface area contributed by atoms with Gasteiger partial charge in [-0.15, -0.1) is 0 Å². The van der Waals surface area contributed by atoms with Crippen LogP contribution in [0.25, 0.3) is 6.08 Å². The summed E-state index contributed by atoms with van der Waals surface area (Å²) >= 11 is 0. The number of amides is 4. The Morgan fingerprint density at radius 1 is 1.15 bits per heavy atom. The maximum atomic E-state index is 12.4. The number of hydrogen-bond donors (Lipinski definition) is 2. The second-order valence-electron chi connectivity index (χ2n) is 5.58. The molecule has 0 aliphatic carbocycles. The van der Waals surface area contributed by atoms with E-state index in [1.807, 2.05) is 24.3 Å². The molecule has 140 valence electrons. The third-order valence-corrected chi connectivity index (χ3v) is 3.97. The van der Waals surface area contributed by atoms with E-state index < -0.39 is 17.8 Å². The largest absolute Gasteiger partial charge is 0.394 e. The van der Waals surface area contributed by atoms with E-state index in [4.69, 9.17) is 9.84 Å². The first kappa shape index (κ1) is 19.6. The van der Waals surface area contributed by atoms with Crippen molar-refractivity contribution in [2.45, 2.75) is 13.8 Å². The summed E-state index contributed by atoms with van der Waals surface area (Å²) in [5, 5.41) is 10.8. The number of benzene rings is 1. The number of nitrogens with zero attached hydrogens (tertiary/aromatic N) is 2. The lowest BCUT2D eigenvalue weighted by Gasteiger charge is -2.26. The van der Waals surface area contributed by atoms with Crippen LogP contribution >= 0.6 is 0 Å². The van der Waals surface area contributed by atoms with Crippen molar-refractivity contribution in [2.24, 2.45) is 0 Å². The van der Waals surface area contributed by atoms with Crippen molar-refractivity contribution >= 4 is 29.6 Å². The minimum Gasteiger partial charge on any atom is -0.394 e. The number of aliphatic hydroxyl groups is 1. The fraction of sp³-hybridized carbons (Fsp3) is 0.389. The SMILES string of the molecule is CCN(CC)c1ccc(/C=C2\C(=O)NC(=O)N(COCCO)C2=O)cc1. The van der Waals surface area contributed by atoms with E-state index in [9.17, 15) is 14.4 Å². The zero-order valence-electron chi connectivity index (χ0n) is 14.9. The van der Waals surface area contributed by atoms with Gasteiger partial charge in [-0.1, -0.05) is 12.1 Å². The average molecular weight is 361 g/mol. The molecule has 1 saturated heterocycles. The zero-order valence-corrected chi connectivity index (χ0v) is 14.9. The van der Waals surface area contributed by atoms with E-state index in [-0.39, 0.29) is 25.5 Å². The number of hydrogen-bond acceptors (Lipinski definition) is 6. The molecule has 0 aromatic heterocycles. The maximum absolute atomic E-state index is 12.4. The van der Waals surface area contributed by atoms with E-state index in [0.29, 0.717) is 5.56 Å². The van der Waals surface area contributed by atoms with Gasteiger partial charge in [-0.2, -0.15) is 0 Å². The third-order valence-electron chi connectivity index (χ3n) is 3.97. The number of barbiturate groups is 1. The molecule has 8 nitrogen and oxygen atoms in total. The van der Waals surface area contributed by atoms with Crippen LogP contribution in [-0.4, -0.2) is 60.9 Å². The fourth-order valence-corrected chi connectivity index (χ4v) is 2.57. The number of nitrogens with one attached hydrogen (secondary N) is 1. The number of carbonyl (C=O) groups excluding carboxylic acids is 3. The van der Waals surface area contributed by atoms with Gasteiger partial charge in [0, 0.05) is 18.8 Å². The predicted molar refractivity (Wildman–Crippen MR) is 96.3 cm³/mol. The van der Waals surface area contributed by atoms with Gasteiger partial charge in [0.05, 0.1) is 13.2 Å². The Bertz CT molecular complexity index is 695. The summed E-state index contributed by atoms with van der Waals surface area (Å²) in [6.07, 6.45) is 1.44. The van der Waals surface area contributed by atoms with E-state index in [1.54, 1.807) is 0 Å². The van der Waals surface area contributed by atoms with Gasteiger partial charge in [0.15, 0.2) is 0 Å². The molecule has 8 heteroatoms. The Labute approximate surface area is 152 Å². The summed E-state index contributed by atoms with van der Waals surface area (Å²) in [6, 6.07) is 6.61. The molecule has 0 spiro atoms. The molecular weight excluding hydrogens is 338 g/mol. The number of ether oxygens (including phenoxy) is 1. The number of rotatable bonds is 8. The minimum atomic E-state index is -0.841. The number of carbonyl (C=O) groups is 3. The molecule has 1 aromatic carbocycles. The molecular formula is C18H23N3O5. The van der Waals surface area contributed by atoms with Crippen molar-refractivity contribution < 1.29 is 24.2 Å². The van der Waals surface area contributed by atoms with Crippen LogP contribution in [0.2, 0.25) is 0 Å². The molecule has 26 heavy (non-hydrogen) atoms. The number of aliphatic hydroxyl groups excluding tert-OH is 1. The minimum absolute atomic E-state index is 0.0170. The molecule has 1 fully saturated rings. The van der Waals surface area contributed by atoms with Gasteiger partial charge in [0.1, 0.15) is 12.3 Å². The fourth-order valence-electron chi connectivity index (χ4n) is 2.57. The summed E-state index contributed by atoms with van der Waals surface area (Å²) in [5.41, 5.74) is 1.57. The van der Waals surface area contributed by atoms with Crippen molar-refractivity contribution in [1.82, 2.24) is 10.2 Å². The Balaban J connectivity index is 2.20. The molecule has 2 N–H and O–H groups in total. The van der Waals surface area contributed by atoms with Crippen molar-refractivity contribution in [3.8, 4) is 0 Å². The van der Waals surface area contributed by atoms with Crippen LogP contribution in [0.1, 0.15) is 19.4 Å². The second kappa shape index (κ2) is 9.12. The van der Waals surface area contributed by atoms with E-state index in [1.165, 1.54) is 6.08 Å². The number of anilines is 1. The molecule has 0 atom stereocenters. The van der Waals surface area contributed by atoms with Crippen LogP contribution in [0.3, 0.4) is 0 Å². The lowest BCUT2D eigenvalue weighted by Crippen LogP contribution is -2.54. The van der Waals surface area contributed by atoms with E-state index in [0.717, 1.165) is 23.7 Å². The number of urea groups is 1. The first-order chi connectivity index (χ1) is 12.5. The quantitative estimate of drug-likeness (QED) is 0.406. The summed E-state index contributed by atoms with van der Waals surface area (Å²) in [5.74, 6) is -1.48. The van der Waals surface area contributed by atoms with Gasteiger partial charge in [-0.05, 0) is 37.6 Å². The van der Waals surface area contributed by atoms with Crippen LogP contribution in [0.5, 0.6) is 0 Å². The molecule has 0 unspecified atom stereocenters. The van der Waals surface area contributed by atoms with Crippen LogP contribution < -0.4 is 10.2 Å². The highest BCUT2D eigenvalue weighted by molar-refractivity contribution is 6.30. The lowest BCUT2D eigenvalue weighted by molar-refractivity contribution is -0.133. The summed E-state index contributed by atoms with van der Waals surface area (Å²) in [6.45, 7) is 5.30. The highest BCUT2D eigenvalue weighted by Gasteiger charge is 2.35. The standard InChI is InChI=1S/C18H23N3O5/c1-3-20(4-2)14-7-5-13(6-8-14)11-15-16(23)19-18(25)21(17(15)24)12-26-10-9-22/h5-8,11,22H,3-4,9-10,12H2,1-2H3,(H,19,23,25)/b15-11+. The third kappa shape index (κ3) is 4.47. The van der Waals surface area contributed by atoms with Crippen LogP contribution in [0, 0.1) is 0 Å². The highest BCUT2D eigenvalue weighted by atomic mass is 16.5. The zero-order chi connectivity index (χ0) is 19.1. The summed E-state index contributed by atoms with van der Waals surface area (Å²) < 4.78 is 5.01. The van der Waals surface area contributed by atoms with Gasteiger partial charge >= 0.3 is 6.03 Å². The first-order valence-corrected chi connectivity index (χ1v) is 8.44.